The van der Waals surface area contributed by atoms with Gasteiger partial charge in [0.05, 0.1) is 5.66 Å². The summed E-state index contributed by atoms with van der Waals surface area (Å²) in [6.45, 7) is 3.95. The van der Waals surface area contributed by atoms with Crippen LogP contribution in [-0.2, 0) is 0 Å². The summed E-state index contributed by atoms with van der Waals surface area (Å²) >= 11 is 0. The van der Waals surface area contributed by atoms with Crippen molar-refractivity contribution in [3.63, 3.8) is 0 Å². The van der Waals surface area contributed by atoms with Gasteiger partial charge in [0.2, 0.25) is 0 Å². The molecule has 0 unspecified atom stereocenters. The summed E-state index contributed by atoms with van der Waals surface area (Å²) < 4.78 is 0. The number of nitrogens with one attached hydrogen (secondary N) is 6. The van der Waals surface area contributed by atoms with Gasteiger partial charge in [0.15, 0.2) is 0 Å². The minimum atomic E-state index is -0.184. The molecule has 0 aromatic rings. The third-order valence-corrected chi connectivity index (χ3v) is 0.938. The van der Waals surface area contributed by atoms with E-state index in [-0.39, 0.29) is 5.66 Å². The molecule has 1 rings (SSSR count). The van der Waals surface area contributed by atoms with Crippen molar-refractivity contribution in [1.82, 2.24) is 33.0 Å². The first-order valence-corrected chi connectivity index (χ1v) is 2.75. The minimum absolute atomic E-state index is 0.184. The first kappa shape index (κ1) is 6.87. The molecule has 0 saturated carbocycles. The van der Waals surface area contributed by atoms with E-state index in [1.165, 1.54) is 0 Å². The van der Waals surface area contributed by atoms with Crippen molar-refractivity contribution in [2.24, 2.45) is 0 Å². The Balaban J connectivity index is 2.36. The van der Waals surface area contributed by atoms with Crippen LogP contribution in [-0.4, -0.2) is 5.66 Å². The summed E-state index contributed by atoms with van der Waals surface area (Å²) in [5, 5.41) is 0. The molecule has 1 heterocycles. The second kappa shape index (κ2) is 2.56. The van der Waals surface area contributed by atoms with Crippen molar-refractivity contribution >= 4 is 0 Å². The summed E-state index contributed by atoms with van der Waals surface area (Å²) in [5.41, 5.74) is 16.3. The van der Waals surface area contributed by atoms with Crippen LogP contribution >= 0.6 is 0 Å². The lowest BCUT2D eigenvalue weighted by atomic mass is 10.3. The largest absolute Gasteiger partial charge is 0.223 e. The van der Waals surface area contributed by atoms with Crippen LogP contribution in [0.4, 0.5) is 0 Å². The maximum atomic E-state index is 2.92. The first-order chi connectivity index (χ1) is 4.21. The molecule has 1 aliphatic rings. The summed E-state index contributed by atoms with van der Waals surface area (Å²) in [6, 6.07) is 0. The number of rotatable bonds is 0. The van der Waals surface area contributed by atoms with Crippen LogP contribution in [0.2, 0.25) is 0 Å². The lowest BCUT2D eigenvalue weighted by Gasteiger charge is -2.22. The number of hydrogen-bond acceptors (Lipinski definition) is 6. The molecule has 0 aliphatic carbocycles. The molecule has 1 aliphatic heterocycles. The zero-order valence-electron chi connectivity index (χ0n) is 5.50. The van der Waals surface area contributed by atoms with Crippen LogP contribution in [0.1, 0.15) is 13.8 Å². The Bertz CT molecular complexity index is 80.3. The maximum absolute atomic E-state index is 2.92. The second-order valence-electron chi connectivity index (χ2n) is 2.38. The van der Waals surface area contributed by atoms with Crippen molar-refractivity contribution < 1.29 is 0 Å². The standard InChI is InChI=1S/C3H12N6/c1-3(2)4-6-8-9-7-5-3/h4-9H,1-2H3. The quantitative estimate of drug-likeness (QED) is 0.226. The SMILES string of the molecule is CC1(C)NNNNNN1. The molecular weight excluding hydrogens is 120 g/mol. The van der Waals surface area contributed by atoms with E-state index in [4.69, 9.17) is 0 Å². The lowest BCUT2D eigenvalue weighted by Crippen LogP contribution is -2.58. The molecule has 0 radical (unpaired) electrons. The fourth-order valence-corrected chi connectivity index (χ4v) is 0.469. The molecule has 6 heteroatoms. The van der Waals surface area contributed by atoms with Crippen LogP contribution in [0.15, 0.2) is 0 Å². The van der Waals surface area contributed by atoms with Crippen molar-refractivity contribution in [2.45, 2.75) is 19.5 Å². The van der Waals surface area contributed by atoms with Gasteiger partial charge in [-0.15, -0.1) is 0 Å². The molecule has 0 bridgehead atoms. The van der Waals surface area contributed by atoms with Crippen LogP contribution in [0.5, 0.6) is 0 Å². The van der Waals surface area contributed by atoms with Crippen LogP contribution < -0.4 is 33.0 Å². The zero-order chi connectivity index (χ0) is 6.74. The van der Waals surface area contributed by atoms with Crippen LogP contribution in [0, 0.1) is 0 Å². The van der Waals surface area contributed by atoms with Gasteiger partial charge in [-0.05, 0) is 13.8 Å². The summed E-state index contributed by atoms with van der Waals surface area (Å²) in [7, 11) is 0. The number of hydrazine groups is 5. The van der Waals surface area contributed by atoms with Gasteiger partial charge in [-0.3, -0.25) is 0 Å². The highest BCUT2D eigenvalue weighted by Crippen LogP contribution is 1.90. The van der Waals surface area contributed by atoms with Crippen LogP contribution in [0.25, 0.3) is 0 Å². The van der Waals surface area contributed by atoms with E-state index >= 15 is 0 Å². The highest BCUT2D eigenvalue weighted by Gasteiger charge is 2.16. The van der Waals surface area contributed by atoms with Gasteiger partial charge in [0, 0.05) is 0 Å². The molecule has 1 saturated heterocycles. The van der Waals surface area contributed by atoms with E-state index < -0.39 is 0 Å². The average Bonchev–Trinajstić information content (AvgIpc) is 1.92. The molecule has 1 fully saturated rings. The summed E-state index contributed by atoms with van der Waals surface area (Å²) in [5.74, 6) is 0. The molecule has 0 aromatic heterocycles. The molecule has 0 atom stereocenters. The molecule has 0 amide bonds. The predicted molar refractivity (Wildman–Crippen MR) is 32.9 cm³/mol. The van der Waals surface area contributed by atoms with E-state index in [0.29, 0.717) is 0 Å². The molecule has 0 aromatic carbocycles. The number of hydrogen-bond donors (Lipinski definition) is 6. The van der Waals surface area contributed by atoms with Crippen molar-refractivity contribution in [2.75, 3.05) is 0 Å². The van der Waals surface area contributed by atoms with Gasteiger partial charge in [-0.25, -0.2) is 10.9 Å². The van der Waals surface area contributed by atoms with Gasteiger partial charge in [0.1, 0.15) is 0 Å². The zero-order valence-corrected chi connectivity index (χ0v) is 5.50. The third-order valence-electron chi connectivity index (χ3n) is 0.938. The Labute approximate surface area is 53.6 Å². The average molecular weight is 132 g/mol. The molecular formula is C3H12N6. The van der Waals surface area contributed by atoms with Crippen LogP contribution in [0.3, 0.4) is 0 Å². The third kappa shape index (κ3) is 2.22. The highest BCUT2D eigenvalue weighted by molar-refractivity contribution is 4.68. The van der Waals surface area contributed by atoms with E-state index in [1.807, 2.05) is 13.8 Å². The van der Waals surface area contributed by atoms with E-state index in [0.717, 1.165) is 0 Å². The van der Waals surface area contributed by atoms with E-state index in [1.54, 1.807) is 0 Å². The highest BCUT2D eigenvalue weighted by atomic mass is 15.9. The fraction of sp³-hybridized carbons (Fsp3) is 1.00. The summed E-state index contributed by atoms with van der Waals surface area (Å²) in [4.78, 5) is 0. The normalized spacial score (nSPS) is 27.3. The van der Waals surface area contributed by atoms with Gasteiger partial charge >= 0.3 is 0 Å². The van der Waals surface area contributed by atoms with E-state index in [9.17, 15) is 0 Å². The van der Waals surface area contributed by atoms with Gasteiger partial charge < -0.3 is 0 Å². The molecule has 6 N–H and O–H groups in total. The smallest absolute Gasteiger partial charge is 0.0913 e. The first-order valence-electron chi connectivity index (χ1n) is 2.75. The Hall–Kier alpha value is -0.240. The Morgan fingerprint density at radius 2 is 1.22 bits per heavy atom. The molecule has 0 spiro atoms. The Kier molecular flexibility index (Phi) is 1.96. The molecule has 9 heavy (non-hydrogen) atoms. The molecule has 54 valence electrons. The topological polar surface area (TPSA) is 72.2 Å². The predicted octanol–water partition coefficient (Wildman–Crippen LogP) is -2.15. The van der Waals surface area contributed by atoms with E-state index in [2.05, 4.69) is 33.0 Å². The van der Waals surface area contributed by atoms with Crippen molar-refractivity contribution in [3.05, 3.63) is 0 Å². The minimum Gasteiger partial charge on any atom is -0.223 e. The van der Waals surface area contributed by atoms with Gasteiger partial charge in [0.25, 0.3) is 0 Å². The Morgan fingerprint density at radius 1 is 0.778 bits per heavy atom. The van der Waals surface area contributed by atoms with Crippen molar-refractivity contribution in [1.29, 1.82) is 0 Å². The Morgan fingerprint density at radius 3 is 1.67 bits per heavy atom. The second-order valence-corrected chi connectivity index (χ2v) is 2.38. The fourth-order valence-electron chi connectivity index (χ4n) is 0.469. The maximum Gasteiger partial charge on any atom is 0.0913 e. The van der Waals surface area contributed by atoms with Crippen molar-refractivity contribution in [3.8, 4) is 0 Å². The monoisotopic (exact) mass is 132 g/mol. The summed E-state index contributed by atoms with van der Waals surface area (Å²) in [6.07, 6.45) is 0. The lowest BCUT2D eigenvalue weighted by molar-refractivity contribution is 0.265. The van der Waals surface area contributed by atoms with Gasteiger partial charge in [-0.2, -0.15) is 22.1 Å². The molecule has 6 nitrogen and oxygen atoms in total. The van der Waals surface area contributed by atoms with Gasteiger partial charge in [-0.1, -0.05) is 0 Å².